The van der Waals surface area contributed by atoms with Crippen LogP contribution in [0.3, 0.4) is 0 Å². The van der Waals surface area contributed by atoms with Gasteiger partial charge < -0.3 is 9.15 Å². The van der Waals surface area contributed by atoms with Gasteiger partial charge in [0.1, 0.15) is 11.3 Å². The Morgan fingerprint density at radius 1 is 1.30 bits per heavy atom. The molecule has 8 nitrogen and oxygen atoms in total. The van der Waals surface area contributed by atoms with Crippen molar-refractivity contribution in [2.45, 2.75) is 20.4 Å². The normalized spacial score (nSPS) is 10.9. The van der Waals surface area contributed by atoms with Gasteiger partial charge in [-0.1, -0.05) is 4.68 Å². The molecule has 8 heteroatoms. The molecule has 118 valence electrons. The molecule has 0 amide bonds. The van der Waals surface area contributed by atoms with Crippen molar-refractivity contribution in [1.29, 1.82) is 0 Å². The van der Waals surface area contributed by atoms with Gasteiger partial charge >= 0.3 is 17.2 Å². The number of H-pyrrole nitrogens is 1. The maximum Gasteiger partial charge on any atom is 0.426 e. The van der Waals surface area contributed by atoms with Crippen molar-refractivity contribution in [3.8, 4) is 5.75 Å². The van der Waals surface area contributed by atoms with Crippen LogP contribution in [-0.4, -0.2) is 11.2 Å². The third-order valence-corrected chi connectivity index (χ3v) is 3.29. The number of hydrogen-bond donors (Lipinski definition) is 1. The van der Waals surface area contributed by atoms with Crippen LogP contribution in [0.15, 0.2) is 42.9 Å². The van der Waals surface area contributed by atoms with Gasteiger partial charge in [0.25, 0.3) is 6.20 Å². The van der Waals surface area contributed by atoms with Crippen LogP contribution in [-0.2, 0) is 11.3 Å². The van der Waals surface area contributed by atoms with E-state index in [-0.39, 0.29) is 12.3 Å². The van der Waals surface area contributed by atoms with E-state index in [2.05, 4.69) is 9.79 Å². The quantitative estimate of drug-likeness (QED) is 0.329. The first-order chi connectivity index (χ1) is 10.9. The molecule has 0 aliphatic heterocycles. The van der Waals surface area contributed by atoms with Gasteiger partial charge in [-0.05, 0) is 29.9 Å². The van der Waals surface area contributed by atoms with E-state index in [0.29, 0.717) is 16.5 Å². The lowest BCUT2D eigenvalue weighted by molar-refractivity contribution is -0.754. The summed E-state index contributed by atoms with van der Waals surface area (Å²) >= 11 is 0. The summed E-state index contributed by atoms with van der Waals surface area (Å²) in [5.74, 6) is -0.264. The zero-order chi connectivity index (χ0) is 16.6. The minimum Gasteiger partial charge on any atom is -0.426 e. The van der Waals surface area contributed by atoms with E-state index >= 15 is 0 Å². The number of aryl methyl sites for hydroxylation is 1. The van der Waals surface area contributed by atoms with Gasteiger partial charge in [-0.3, -0.25) is 9.32 Å². The number of hydrogen-bond acceptors (Lipinski definition) is 6. The summed E-state index contributed by atoms with van der Waals surface area (Å²) in [4.78, 5) is 34.1. The van der Waals surface area contributed by atoms with E-state index in [1.807, 2.05) is 0 Å². The number of ether oxygens (including phenoxy) is 1. The topological polar surface area (TPSA) is 106 Å². The summed E-state index contributed by atoms with van der Waals surface area (Å²) in [5.41, 5.74) is 0.403. The molecule has 0 atom stereocenters. The Kier molecular flexibility index (Phi) is 3.57. The maximum absolute atomic E-state index is 11.7. The monoisotopic (exact) mass is 317 g/mol. The number of carbonyl (C=O) groups excluding carboxylic acids is 1. The Labute approximate surface area is 128 Å². The molecule has 0 saturated carbocycles. The third kappa shape index (κ3) is 2.91. The molecule has 0 fully saturated rings. The predicted octanol–water partition coefficient (Wildman–Crippen LogP) is 0.644. The van der Waals surface area contributed by atoms with Crippen LogP contribution in [0.25, 0.3) is 11.0 Å². The van der Waals surface area contributed by atoms with E-state index in [1.165, 1.54) is 23.9 Å². The lowest BCUT2D eigenvalue weighted by Crippen LogP contribution is -2.36. The summed E-state index contributed by atoms with van der Waals surface area (Å²) in [6, 6.07) is 4.70. The average Bonchev–Trinajstić information content (AvgIpc) is 2.86. The van der Waals surface area contributed by atoms with Gasteiger partial charge in [0, 0.05) is 18.4 Å². The Morgan fingerprint density at radius 2 is 2.09 bits per heavy atom. The third-order valence-electron chi connectivity index (χ3n) is 3.29. The van der Waals surface area contributed by atoms with E-state index in [0.717, 1.165) is 5.56 Å². The van der Waals surface area contributed by atoms with Crippen LogP contribution >= 0.6 is 0 Å². The van der Waals surface area contributed by atoms with E-state index in [1.54, 1.807) is 19.1 Å². The van der Waals surface area contributed by atoms with Crippen molar-refractivity contribution in [3.05, 3.63) is 56.4 Å². The van der Waals surface area contributed by atoms with E-state index < -0.39 is 17.2 Å². The number of aromatic amines is 1. The highest BCUT2D eigenvalue weighted by Gasteiger charge is 2.20. The first kappa shape index (κ1) is 14.8. The van der Waals surface area contributed by atoms with Crippen LogP contribution < -0.4 is 20.7 Å². The number of fused-ring (bicyclic) bond motifs is 1. The highest BCUT2D eigenvalue weighted by molar-refractivity contribution is 5.85. The lowest BCUT2D eigenvalue weighted by Gasteiger charge is -2.09. The predicted molar refractivity (Wildman–Crippen MR) is 77.2 cm³/mol. The van der Waals surface area contributed by atoms with Gasteiger partial charge in [0.15, 0.2) is 5.58 Å². The van der Waals surface area contributed by atoms with Crippen molar-refractivity contribution >= 4 is 16.9 Å². The van der Waals surface area contributed by atoms with Crippen molar-refractivity contribution in [1.82, 2.24) is 5.27 Å². The molecule has 0 bridgehead atoms. The number of nitrogens with one attached hydrogen (secondary N) is 1. The van der Waals surface area contributed by atoms with Crippen LogP contribution in [0.4, 0.5) is 0 Å². The second-order valence-electron chi connectivity index (χ2n) is 5.03. The maximum atomic E-state index is 11.7. The van der Waals surface area contributed by atoms with E-state index in [4.69, 9.17) is 9.15 Å². The van der Waals surface area contributed by atoms with Crippen molar-refractivity contribution < 1.29 is 23.2 Å². The second kappa shape index (κ2) is 5.56. The number of benzene rings is 1. The molecule has 1 N–H and O–H groups in total. The molecule has 3 aromatic rings. The van der Waals surface area contributed by atoms with Crippen LogP contribution in [0.1, 0.15) is 18.1 Å². The standard InChI is InChI=1S/C15H12N2O6/c1-8-5-13(19)22-15-10(8)3-4-12(21-9(2)18)11(15)6-17-7-14(20)23-16-17/h3-5,7H,6H2,1-2H3/p+1. The molecular weight excluding hydrogens is 304 g/mol. The van der Waals surface area contributed by atoms with Crippen LogP contribution in [0.5, 0.6) is 5.75 Å². The Bertz CT molecular complexity index is 1010. The first-order valence-electron chi connectivity index (χ1n) is 6.77. The highest BCUT2D eigenvalue weighted by Crippen LogP contribution is 2.29. The number of nitrogens with zero attached hydrogens (tertiary/aromatic N) is 1. The minimum atomic E-state index is -0.558. The zero-order valence-corrected chi connectivity index (χ0v) is 12.4. The fraction of sp³-hybridized carbons (Fsp3) is 0.200. The SMILES string of the molecule is CC(=O)Oc1ccc2c(C)cc(=O)oc2c1C[n+]1cc(=O)o[nH]1. The summed E-state index contributed by atoms with van der Waals surface area (Å²) in [6.07, 6.45) is 1.20. The average molecular weight is 317 g/mol. The zero-order valence-electron chi connectivity index (χ0n) is 12.4. The lowest BCUT2D eigenvalue weighted by atomic mass is 10.1. The molecule has 0 aliphatic carbocycles. The molecule has 2 aromatic heterocycles. The summed E-state index contributed by atoms with van der Waals surface area (Å²) in [5, 5.41) is 3.11. The molecule has 1 aromatic carbocycles. The van der Waals surface area contributed by atoms with E-state index in [9.17, 15) is 14.4 Å². The fourth-order valence-electron chi connectivity index (χ4n) is 2.35. The summed E-state index contributed by atoms with van der Waals surface area (Å²) in [6.45, 7) is 3.15. The molecule has 23 heavy (non-hydrogen) atoms. The number of carbonyl (C=O) groups is 1. The smallest absolute Gasteiger partial charge is 0.426 e. The molecule has 3 rings (SSSR count). The van der Waals surface area contributed by atoms with Gasteiger partial charge in [-0.2, -0.15) is 0 Å². The highest BCUT2D eigenvalue weighted by atomic mass is 16.5. The van der Waals surface area contributed by atoms with Gasteiger partial charge in [0.2, 0.25) is 6.54 Å². The van der Waals surface area contributed by atoms with Crippen LogP contribution in [0.2, 0.25) is 0 Å². The molecule has 0 spiro atoms. The second-order valence-corrected chi connectivity index (χ2v) is 5.03. The van der Waals surface area contributed by atoms with Crippen LogP contribution in [0, 0.1) is 6.92 Å². The first-order valence-corrected chi connectivity index (χ1v) is 6.77. The molecule has 2 heterocycles. The molecular formula is C15H13N2O6+. The van der Waals surface area contributed by atoms with Gasteiger partial charge in [-0.15, -0.1) is 0 Å². The number of esters is 1. The van der Waals surface area contributed by atoms with Crippen molar-refractivity contribution in [2.24, 2.45) is 0 Å². The molecule has 0 saturated heterocycles. The van der Waals surface area contributed by atoms with Crippen molar-refractivity contribution in [2.75, 3.05) is 0 Å². The number of rotatable bonds is 3. The number of aromatic nitrogens is 2. The van der Waals surface area contributed by atoms with Gasteiger partial charge in [0.05, 0.1) is 0 Å². The Hall–Kier alpha value is -3.16. The minimum absolute atomic E-state index is 0.0953. The molecule has 0 unspecified atom stereocenters. The summed E-state index contributed by atoms with van der Waals surface area (Å²) in [7, 11) is 0. The fourth-order valence-corrected chi connectivity index (χ4v) is 2.35. The molecule has 0 radical (unpaired) electrons. The van der Waals surface area contributed by atoms with Crippen molar-refractivity contribution in [3.63, 3.8) is 0 Å². The molecule has 0 aliphatic rings. The summed E-state index contributed by atoms with van der Waals surface area (Å²) < 4.78 is 16.4. The van der Waals surface area contributed by atoms with Gasteiger partial charge in [-0.25, -0.2) is 9.59 Å². The Balaban J connectivity index is 2.25. The largest absolute Gasteiger partial charge is 0.426 e. The Morgan fingerprint density at radius 3 is 2.74 bits per heavy atom.